The summed E-state index contributed by atoms with van der Waals surface area (Å²) in [4.78, 5) is 0. The molecule has 11 heavy (non-hydrogen) atoms. The van der Waals surface area contributed by atoms with Crippen LogP contribution < -0.4 is 0 Å². The van der Waals surface area contributed by atoms with E-state index in [1.807, 2.05) is 0 Å². The molecule has 0 saturated heterocycles. The van der Waals surface area contributed by atoms with Crippen LogP contribution in [-0.2, 0) is 0 Å². The zero-order valence-corrected chi connectivity index (χ0v) is 10.1. The van der Waals surface area contributed by atoms with Gasteiger partial charge in [0.15, 0.2) is 0 Å². The summed E-state index contributed by atoms with van der Waals surface area (Å²) in [5, 5.41) is 0.183. The summed E-state index contributed by atoms with van der Waals surface area (Å²) >= 11 is 11.8. The number of hydrogen-bond acceptors (Lipinski definition) is 0. The average molecular weight is 212 g/mol. The minimum atomic E-state index is -1.15. The summed E-state index contributed by atoms with van der Waals surface area (Å²) in [6.07, 6.45) is 4.99. The molecular formula is C8H17Cl2Si. The van der Waals surface area contributed by atoms with Gasteiger partial charge in [-0.3, -0.25) is 0 Å². The first-order valence-corrected chi connectivity index (χ1v) is 7.71. The summed E-state index contributed by atoms with van der Waals surface area (Å²) in [6.45, 7) is 6.54. The van der Waals surface area contributed by atoms with E-state index in [0.29, 0.717) is 0 Å². The molecule has 0 aromatic rings. The van der Waals surface area contributed by atoms with Gasteiger partial charge >= 0.3 is 0 Å². The maximum absolute atomic E-state index is 5.92. The van der Waals surface area contributed by atoms with E-state index in [1.165, 1.54) is 25.7 Å². The van der Waals surface area contributed by atoms with Crippen LogP contribution in [0.3, 0.4) is 0 Å². The molecule has 0 aliphatic rings. The van der Waals surface area contributed by atoms with Crippen LogP contribution in [0, 0.1) is 0 Å². The molecule has 0 aromatic carbocycles. The van der Waals surface area contributed by atoms with Crippen molar-refractivity contribution in [3.63, 3.8) is 0 Å². The highest BCUT2D eigenvalue weighted by Gasteiger charge is 2.28. The van der Waals surface area contributed by atoms with Gasteiger partial charge in [-0.15, -0.1) is 22.2 Å². The fraction of sp³-hybridized carbons (Fsp3) is 1.00. The van der Waals surface area contributed by atoms with Crippen LogP contribution in [-0.4, -0.2) is 7.42 Å². The minimum Gasteiger partial charge on any atom is -0.146 e. The second kappa shape index (κ2) is 5.44. The Hall–Kier alpha value is 0.797. The lowest BCUT2D eigenvalue weighted by Crippen LogP contribution is -2.16. The molecule has 1 radical (unpaired) electrons. The van der Waals surface area contributed by atoms with Gasteiger partial charge in [-0.05, 0) is 11.5 Å². The summed E-state index contributed by atoms with van der Waals surface area (Å²) in [7, 11) is -1.15. The molecule has 67 valence electrons. The molecule has 0 spiro atoms. The molecule has 0 aliphatic heterocycles. The van der Waals surface area contributed by atoms with Crippen LogP contribution in [0.1, 0.15) is 46.5 Å². The first kappa shape index (κ1) is 11.8. The number of rotatable bonds is 5. The van der Waals surface area contributed by atoms with E-state index in [2.05, 4.69) is 20.8 Å². The van der Waals surface area contributed by atoms with Gasteiger partial charge in [0.1, 0.15) is 0 Å². The summed E-state index contributed by atoms with van der Waals surface area (Å²) < 4.78 is 0. The number of hydrogen-bond donors (Lipinski definition) is 0. The first-order valence-electron chi connectivity index (χ1n) is 4.19. The Kier molecular flexibility index (Phi) is 5.84. The number of halogens is 2. The van der Waals surface area contributed by atoms with Crippen molar-refractivity contribution in [1.29, 1.82) is 0 Å². The Labute approximate surface area is 81.3 Å². The zero-order chi connectivity index (χ0) is 8.91. The Balaban J connectivity index is 3.55. The lowest BCUT2D eigenvalue weighted by molar-refractivity contribution is 0.550. The van der Waals surface area contributed by atoms with Gasteiger partial charge in [0.2, 0.25) is 0 Å². The Morgan fingerprint density at radius 2 is 1.73 bits per heavy atom. The van der Waals surface area contributed by atoms with E-state index in [1.54, 1.807) is 0 Å². The van der Waals surface area contributed by atoms with Gasteiger partial charge < -0.3 is 0 Å². The van der Waals surface area contributed by atoms with E-state index >= 15 is 0 Å². The van der Waals surface area contributed by atoms with Crippen LogP contribution in [0.4, 0.5) is 0 Å². The third-order valence-electron chi connectivity index (χ3n) is 1.92. The van der Waals surface area contributed by atoms with Crippen LogP contribution >= 0.6 is 22.2 Å². The van der Waals surface area contributed by atoms with Crippen molar-refractivity contribution < 1.29 is 0 Å². The highest BCUT2D eigenvalue weighted by molar-refractivity contribution is 7.35. The van der Waals surface area contributed by atoms with Gasteiger partial charge in [0.25, 0.3) is 7.42 Å². The smallest absolute Gasteiger partial charge is 0.146 e. The molecule has 0 saturated carbocycles. The largest absolute Gasteiger partial charge is 0.279 e. The molecule has 0 bridgehead atoms. The summed E-state index contributed by atoms with van der Waals surface area (Å²) in [5.41, 5.74) is 0. The van der Waals surface area contributed by atoms with Crippen LogP contribution in [0.25, 0.3) is 0 Å². The topological polar surface area (TPSA) is 0 Å². The van der Waals surface area contributed by atoms with E-state index in [-0.39, 0.29) is 5.04 Å². The quantitative estimate of drug-likeness (QED) is 0.362. The molecule has 0 atom stereocenters. The fourth-order valence-corrected chi connectivity index (χ4v) is 1.84. The van der Waals surface area contributed by atoms with E-state index in [4.69, 9.17) is 22.2 Å². The van der Waals surface area contributed by atoms with Gasteiger partial charge in [-0.2, -0.15) is 0 Å². The van der Waals surface area contributed by atoms with Gasteiger partial charge in [-0.1, -0.05) is 40.0 Å². The molecule has 0 heterocycles. The van der Waals surface area contributed by atoms with E-state index in [0.717, 1.165) is 0 Å². The fourth-order valence-electron chi connectivity index (χ4n) is 0.911. The normalized spacial score (nSPS) is 12.5. The Bertz CT molecular complexity index is 102. The van der Waals surface area contributed by atoms with Gasteiger partial charge in [0.05, 0.1) is 0 Å². The molecule has 0 unspecified atom stereocenters. The average Bonchev–Trinajstić information content (AvgIpc) is 1.88. The molecule has 0 fully saturated rings. The summed E-state index contributed by atoms with van der Waals surface area (Å²) in [6, 6.07) is 0. The first-order chi connectivity index (χ1) is 5.00. The minimum absolute atomic E-state index is 0.183. The van der Waals surface area contributed by atoms with Crippen LogP contribution in [0.5, 0.6) is 0 Å². The molecule has 0 aromatic heterocycles. The predicted octanol–water partition coefficient (Wildman–Crippen LogP) is 4.31. The third kappa shape index (κ3) is 5.10. The van der Waals surface area contributed by atoms with Crippen molar-refractivity contribution in [2.24, 2.45) is 0 Å². The van der Waals surface area contributed by atoms with Gasteiger partial charge in [0, 0.05) is 0 Å². The Morgan fingerprint density at radius 1 is 1.18 bits per heavy atom. The molecule has 0 N–H and O–H groups in total. The zero-order valence-electron chi connectivity index (χ0n) is 7.58. The second-order valence-electron chi connectivity index (χ2n) is 3.60. The molecule has 0 nitrogen and oxygen atoms in total. The van der Waals surface area contributed by atoms with E-state index < -0.39 is 7.42 Å². The van der Waals surface area contributed by atoms with Crippen molar-refractivity contribution in [2.45, 2.75) is 51.5 Å². The van der Waals surface area contributed by atoms with Crippen LogP contribution in [0.15, 0.2) is 0 Å². The molecule has 0 aliphatic carbocycles. The SMILES string of the molecule is CCCCCC(C)(C)[Si](Cl)Cl. The van der Waals surface area contributed by atoms with E-state index in [9.17, 15) is 0 Å². The Morgan fingerprint density at radius 3 is 2.09 bits per heavy atom. The highest BCUT2D eigenvalue weighted by Crippen LogP contribution is 2.38. The summed E-state index contributed by atoms with van der Waals surface area (Å²) in [5.74, 6) is 0. The standard InChI is InChI=1S/C8H17Cl2Si/c1-4-5-6-7-8(2,3)11(9)10/h4-7H2,1-3H3. The lowest BCUT2D eigenvalue weighted by atomic mass is 10.0. The lowest BCUT2D eigenvalue weighted by Gasteiger charge is -2.23. The number of unbranched alkanes of at least 4 members (excludes halogenated alkanes) is 2. The van der Waals surface area contributed by atoms with Crippen molar-refractivity contribution in [1.82, 2.24) is 0 Å². The second-order valence-corrected chi connectivity index (χ2v) is 8.32. The maximum Gasteiger partial charge on any atom is 0.279 e. The van der Waals surface area contributed by atoms with Gasteiger partial charge in [-0.25, -0.2) is 0 Å². The molecule has 3 heteroatoms. The maximum atomic E-state index is 5.92. The third-order valence-corrected chi connectivity index (χ3v) is 6.26. The molecular weight excluding hydrogens is 195 g/mol. The van der Waals surface area contributed by atoms with Crippen molar-refractivity contribution in [2.75, 3.05) is 0 Å². The molecule has 0 amide bonds. The van der Waals surface area contributed by atoms with Crippen LogP contribution in [0.2, 0.25) is 5.04 Å². The highest BCUT2D eigenvalue weighted by atomic mass is 35.7. The van der Waals surface area contributed by atoms with Crippen molar-refractivity contribution in [3.05, 3.63) is 0 Å². The predicted molar refractivity (Wildman–Crippen MR) is 55.6 cm³/mol. The van der Waals surface area contributed by atoms with Crippen molar-refractivity contribution >= 4 is 29.6 Å². The molecule has 0 rings (SSSR count). The monoisotopic (exact) mass is 211 g/mol. The van der Waals surface area contributed by atoms with Crippen molar-refractivity contribution in [3.8, 4) is 0 Å².